The molecule has 166 valence electrons. The highest BCUT2D eigenvalue weighted by molar-refractivity contribution is 5.96. The van der Waals surface area contributed by atoms with E-state index in [4.69, 9.17) is 4.74 Å². The Kier molecular flexibility index (Phi) is 6.73. The number of carbonyl (C=O) groups is 2. The molecule has 1 atom stereocenters. The highest BCUT2D eigenvalue weighted by atomic mass is 16.5. The molecule has 1 amide bonds. The third-order valence-electron chi connectivity index (χ3n) is 5.65. The van der Waals surface area contributed by atoms with Crippen molar-refractivity contribution in [1.82, 2.24) is 4.90 Å². The van der Waals surface area contributed by atoms with Crippen LogP contribution in [-0.4, -0.2) is 40.6 Å². The van der Waals surface area contributed by atoms with Crippen LogP contribution in [0.15, 0.2) is 42.5 Å². The molecule has 0 unspecified atom stereocenters. The zero-order chi connectivity index (χ0) is 22.8. The molecule has 1 N–H and O–H groups in total. The fourth-order valence-corrected chi connectivity index (χ4v) is 4.21. The van der Waals surface area contributed by atoms with Gasteiger partial charge in [0.1, 0.15) is 17.9 Å². The molecule has 0 aliphatic carbocycles. The summed E-state index contributed by atoms with van der Waals surface area (Å²) in [6, 6.07) is 14.1. The summed E-state index contributed by atoms with van der Waals surface area (Å²) >= 11 is 0. The summed E-state index contributed by atoms with van der Waals surface area (Å²) in [7, 11) is 0. The van der Waals surface area contributed by atoms with Gasteiger partial charge in [0.2, 0.25) is 0 Å². The van der Waals surface area contributed by atoms with E-state index in [0.717, 1.165) is 17.7 Å². The van der Waals surface area contributed by atoms with Crippen LogP contribution < -0.4 is 4.74 Å². The number of amides is 1. The van der Waals surface area contributed by atoms with E-state index in [1.807, 2.05) is 26.0 Å². The van der Waals surface area contributed by atoms with Crippen LogP contribution in [0.1, 0.15) is 67.6 Å². The van der Waals surface area contributed by atoms with Gasteiger partial charge in [0.25, 0.3) is 5.91 Å². The van der Waals surface area contributed by atoms with Crippen molar-refractivity contribution in [3.63, 3.8) is 0 Å². The molecule has 5 nitrogen and oxygen atoms in total. The molecule has 0 radical (unpaired) electrons. The molecular formula is C26H33NO4. The first-order chi connectivity index (χ1) is 14.6. The lowest BCUT2D eigenvalue weighted by Crippen LogP contribution is -2.38. The molecule has 1 heterocycles. The van der Waals surface area contributed by atoms with E-state index in [1.54, 1.807) is 6.07 Å². The number of hydrogen-bond acceptors (Lipinski definition) is 3. The van der Waals surface area contributed by atoms with Gasteiger partial charge >= 0.3 is 5.97 Å². The van der Waals surface area contributed by atoms with Crippen molar-refractivity contribution in [1.29, 1.82) is 0 Å². The van der Waals surface area contributed by atoms with E-state index >= 15 is 0 Å². The largest absolute Gasteiger partial charge is 0.487 e. The van der Waals surface area contributed by atoms with Crippen LogP contribution in [-0.2, 0) is 17.6 Å². The minimum Gasteiger partial charge on any atom is -0.487 e. The van der Waals surface area contributed by atoms with Crippen LogP contribution in [0.3, 0.4) is 0 Å². The summed E-state index contributed by atoms with van der Waals surface area (Å²) in [5, 5.41) is 9.19. The van der Waals surface area contributed by atoms with Gasteiger partial charge < -0.3 is 14.7 Å². The van der Waals surface area contributed by atoms with Gasteiger partial charge in [-0.1, -0.05) is 52.0 Å². The Hall–Kier alpha value is -2.82. The topological polar surface area (TPSA) is 66.8 Å². The summed E-state index contributed by atoms with van der Waals surface area (Å²) < 4.78 is 6.28. The zero-order valence-corrected chi connectivity index (χ0v) is 19.1. The molecule has 2 aromatic carbocycles. The van der Waals surface area contributed by atoms with Gasteiger partial charge in [-0.2, -0.15) is 0 Å². The summed E-state index contributed by atoms with van der Waals surface area (Å²) in [5.41, 5.74) is 3.67. The first-order valence-corrected chi connectivity index (χ1v) is 11.0. The molecule has 31 heavy (non-hydrogen) atoms. The molecule has 2 aromatic rings. The Morgan fingerprint density at radius 2 is 1.77 bits per heavy atom. The monoisotopic (exact) mass is 423 g/mol. The molecule has 0 bridgehead atoms. The second kappa shape index (κ2) is 9.13. The van der Waals surface area contributed by atoms with Crippen molar-refractivity contribution in [2.24, 2.45) is 5.92 Å². The quantitative estimate of drug-likeness (QED) is 0.654. The minimum absolute atomic E-state index is 0.187. The van der Waals surface area contributed by atoms with Crippen molar-refractivity contribution in [3.05, 3.63) is 64.7 Å². The number of aliphatic carboxylic acids is 1. The van der Waals surface area contributed by atoms with Crippen molar-refractivity contribution in [3.8, 4) is 5.75 Å². The Morgan fingerprint density at radius 3 is 2.35 bits per heavy atom. The summed E-state index contributed by atoms with van der Waals surface area (Å²) in [5.74, 6) is 0.230. The van der Waals surface area contributed by atoms with Crippen LogP contribution in [0.2, 0.25) is 0 Å². The lowest BCUT2D eigenvalue weighted by molar-refractivity contribution is -0.137. The zero-order valence-electron chi connectivity index (χ0n) is 19.1. The number of rotatable bonds is 8. The van der Waals surface area contributed by atoms with E-state index in [0.29, 0.717) is 24.4 Å². The molecule has 0 spiro atoms. The number of carboxylic acid groups (broad SMARTS) is 1. The number of carboxylic acids is 1. The van der Waals surface area contributed by atoms with Crippen molar-refractivity contribution in [2.75, 3.05) is 13.1 Å². The highest BCUT2D eigenvalue weighted by Crippen LogP contribution is 2.37. The average Bonchev–Trinajstić information content (AvgIpc) is 3.01. The highest BCUT2D eigenvalue weighted by Gasteiger charge is 2.35. The smallest absolute Gasteiger partial charge is 0.323 e. The van der Waals surface area contributed by atoms with Crippen LogP contribution >= 0.6 is 0 Å². The Labute approximate surface area is 185 Å². The maximum atomic E-state index is 13.0. The molecule has 5 heteroatoms. The minimum atomic E-state index is -1.01. The van der Waals surface area contributed by atoms with Gasteiger partial charge in [0, 0.05) is 24.9 Å². The molecule has 0 saturated heterocycles. The first-order valence-electron chi connectivity index (χ1n) is 11.0. The van der Waals surface area contributed by atoms with E-state index in [1.165, 1.54) is 16.0 Å². The third kappa shape index (κ3) is 5.66. The van der Waals surface area contributed by atoms with Gasteiger partial charge in [-0.05, 0) is 53.6 Å². The van der Waals surface area contributed by atoms with Gasteiger partial charge in [0.05, 0.1) is 0 Å². The number of ether oxygens (including phenoxy) is 1. The predicted molar refractivity (Wildman–Crippen MR) is 122 cm³/mol. The van der Waals surface area contributed by atoms with E-state index in [2.05, 4.69) is 45.0 Å². The second-order valence-corrected chi connectivity index (χ2v) is 9.60. The Morgan fingerprint density at radius 1 is 1.10 bits per heavy atom. The predicted octanol–water partition coefficient (Wildman–Crippen LogP) is 4.93. The molecule has 0 aromatic heterocycles. The summed E-state index contributed by atoms with van der Waals surface area (Å²) in [4.78, 5) is 25.6. The van der Waals surface area contributed by atoms with Crippen molar-refractivity contribution in [2.45, 2.75) is 59.0 Å². The fraction of sp³-hybridized carbons (Fsp3) is 0.462. The summed E-state index contributed by atoms with van der Waals surface area (Å²) in [6.07, 6.45) is 1.49. The number of carbonyl (C=O) groups excluding carboxylic acids is 1. The molecule has 0 saturated carbocycles. The standard InChI is InChI=1S/C26H33NO4/c1-17(2)15-27(16-24(28)29)25(30)21-10-11-23-22(12-21)14-26(5,31-23)13-19-6-8-20(9-7-19)18(3)4/h6-12,17-18H,13-16H2,1-5H3,(H,28,29)/t26-/m0/s1. The maximum Gasteiger partial charge on any atom is 0.323 e. The molecule has 1 aliphatic rings. The number of nitrogens with zero attached hydrogens (tertiary/aromatic N) is 1. The molecule has 0 fully saturated rings. The van der Waals surface area contributed by atoms with Crippen molar-refractivity contribution < 1.29 is 19.4 Å². The van der Waals surface area contributed by atoms with Crippen LogP contribution in [0, 0.1) is 5.92 Å². The van der Waals surface area contributed by atoms with E-state index < -0.39 is 5.97 Å². The normalized spacial score (nSPS) is 17.5. The van der Waals surface area contributed by atoms with Gasteiger partial charge in [-0.15, -0.1) is 0 Å². The maximum absolute atomic E-state index is 13.0. The molecular weight excluding hydrogens is 390 g/mol. The number of fused-ring (bicyclic) bond motifs is 1. The molecule has 1 aliphatic heterocycles. The van der Waals surface area contributed by atoms with E-state index in [9.17, 15) is 14.7 Å². The van der Waals surface area contributed by atoms with Crippen LogP contribution in [0.5, 0.6) is 5.75 Å². The number of hydrogen-bond donors (Lipinski definition) is 1. The Balaban J connectivity index is 1.75. The van der Waals surface area contributed by atoms with Crippen molar-refractivity contribution >= 4 is 11.9 Å². The fourth-order valence-electron chi connectivity index (χ4n) is 4.21. The van der Waals surface area contributed by atoms with Gasteiger partial charge in [-0.25, -0.2) is 0 Å². The third-order valence-corrected chi connectivity index (χ3v) is 5.65. The van der Waals surface area contributed by atoms with Gasteiger partial charge in [-0.3, -0.25) is 9.59 Å². The number of benzene rings is 2. The average molecular weight is 424 g/mol. The van der Waals surface area contributed by atoms with E-state index in [-0.39, 0.29) is 24.0 Å². The lowest BCUT2D eigenvalue weighted by atomic mass is 9.90. The molecule has 3 rings (SSSR count). The SMILES string of the molecule is CC(C)CN(CC(=O)O)C(=O)c1ccc2c(c1)C[C@](C)(Cc1ccc(C(C)C)cc1)O2. The van der Waals surface area contributed by atoms with Crippen LogP contribution in [0.25, 0.3) is 0 Å². The second-order valence-electron chi connectivity index (χ2n) is 9.60. The first kappa shape index (κ1) is 22.9. The summed E-state index contributed by atoms with van der Waals surface area (Å²) in [6.45, 7) is 10.5. The lowest BCUT2D eigenvalue weighted by Gasteiger charge is -2.24. The van der Waals surface area contributed by atoms with Crippen LogP contribution in [0.4, 0.5) is 0 Å². The van der Waals surface area contributed by atoms with Gasteiger partial charge in [0.15, 0.2) is 0 Å². The Bertz CT molecular complexity index is 948.